The van der Waals surface area contributed by atoms with Crippen LogP contribution < -0.4 is 16.4 Å². The van der Waals surface area contributed by atoms with E-state index in [-0.39, 0.29) is 6.54 Å². The quantitative estimate of drug-likeness (QED) is 0.283. The van der Waals surface area contributed by atoms with Gasteiger partial charge in [-0.2, -0.15) is 11.8 Å². The van der Waals surface area contributed by atoms with E-state index >= 15 is 0 Å². The molecule has 1 rings (SSSR count). The first kappa shape index (κ1) is 23.2. The number of rotatable bonds is 10. The number of nitrogens with two attached hydrogens (primary N) is 1. The Morgan fingerprint density at radius 1 is 1.26 bits per heavy atom. The van der Waals surface area contributed by atoms with Crippen LogP contribution in [0.25, 0.3) is 0 Å². The van der Waals surface area contributed by atoms with E-state index in [2.05, 4.69) is 10.6 Å². The highest BCUT2D eigenvalue weighted by Gasteiger charge is 2.37. The zero-order chi connectivity index (χ0) is 20.6. The summed E-state index contributed by atoms with van der Waals surface area (Å²) in [7, 11) is 0. The van der Waals surface area contributed by atoms with Gasteiger partial charge in [0.25, 0.3) is 0 Å². The van der Waals surface area contributed by atoms with Gasteiger partial charge in [-0.1, -0.05) is 0 Å². The van der Waals surface area contributed by atoms with Crippen molar-refractivity contribution in [2.75, 3.05) is 25.2 Å². The molecule has 10 nitrogen and oxygen atoms in total. The van der Waals surface area contributed by atoms with Crippen LogP contribution in [0.4, 0.5) is 0 Å². The van der Waals surface area contributed by atoms with Crippen LogP contribution in [0.3, 0.4) is 0 Å². The zero-order valence-corrected chi connectivity index (χ0v) is 16.3. The number of aliphatic hydroxyl groups is 1. The minimum absolute atomic E-state index is 0.249. The lowest BCUT2D eigenvalue weighted by Gasteiger charge is -2.27. The second-order valence-electron chi connectivity index (χ2n) is 6.39. The monoisotopic (exact) mass is 404 g/mol. The Hall–Kier alpha value is -1.85. The second-order valence-corrected chi connectivity index (χ2v) is 7.38. The lowest BCUT2D eigenvalue weighted by atomic mass is 10.1. The van der Waals surface area contributed by atoms with Crippen molar-refractivity contribution in [2.24, 2.45) is 5.73 Å². The molecule has 0 aromatic heterocycles. The van der Waals surface area contributed by atoms with Gasteiger partial charge in [-0.05, 0) is 38.2 Å². The number of carbonyl (C=O) groups excluding carboxylic acids is 3. The molecule has 0 bridgehead atoms. The minimum atomic E-state index is -1.28. The summed E-state index contributed by atoms with van der Waals surface area (Å²) in [4.78, 5) is 49.0. The van der Waals surface area contributed by atoms with Crippen molar-refractivity contribution in [1.29, 1.82) is 0 Å². The van der Waals surface area contributed by atoms with Crippen LogP contribution >= 0.6 is 11.8 Å². The highest BCUT2D eigenvalue weighted by atomic mass is 32.2. The predicted molar refractivity (Wildman–Crippen MR) is 100.0 cm³/mol. The molecule has 11 heteroatoms. The summed E-state index contributed by atoms with van der Waals surface area (Å²) in [5, 5.41) is 23.5. The molecule has 1 heterocycles. The van der Waals surface area contributed by atoms with E-state index in [4.69, 9.17) is 10.8 Å². The standard InChI is InChI=1S/C16H28N4O6S/c1-9(18-14(23)10(17)5-7-27-2)13(22)19-11(8-21)15(24)20-6-3-4-12(20)16(25)26/h9-12,21H,3-8,17H2,1-2H3,(H,18,23)(H,19,22)(H,25,26). The van der Waals surface area contributed by atoms with E-state index in [0.717, 1.165) is 4.90 Å². The van der Waals surface area contributed by atoms with Crippen LogP contribution in [0.5, 0.6) is 0 Å². The number of hydrogen-bond donors (Lipinski definition) is 5. The van der Waals surface area contributed by atoms with Gasteiger partial charge in [0.05, 0.1) is 12.6 Å². The summed E-state index contributed by atoms with van der Waals surface area (Å²) < 4.78 is 0. The first-order valence-corrected chi connectivity index (χ1v) is 10.1. The molecule has 4 unspecified atom stereocenters. The molecule has 0 aliphatic carbocycles. The number of carboxylic acids is 1. The van der Waals surface area contributed by atoms with Gasteiger partial charge in [-0.25, -0.2) is 4.79 Å². The van der Waals surface area contributed by atoms with Crippen LogP contribution in [-0.2, 0) is 19.2 Å². The Labute approximate surface area is 162 Å². The third-order valence-corrected chi connectivity index (χ3v) is 4.98. The highest BCUT2D eigenvalue weighted by Crippen LogP contribution is 2.18. The number of carbonyl (C=O) groups is 4. The Morgan fingerprint density at radius 3 is 2.48 bits per heavy atom. The van der Waals surface area contributed by atoms with Crippen LogP contribution in [0, 0.1) is 0 Å². The first-order chi connectivity index (χ1) is 12.7. The van der Waals surface area contributed by atoms with Gasteiger partial charge < -0.3 is 31.5 Å². The van der Waals surface area contributed by atoms with Crippen molar-refractivity contribution in [1.82, 2.24) is 15.5 Å². The maximum atomic E-state index is 12.5. The van der Waals surface area contributed by atoms with Crippen molar-refractivity contribution in [3.63, 3.8) is 0 Å². The molecule has 6 N–H and O–H groups in total. The molecule has 154 valence electrons. The summed E-state index contributed by atoms with van der Waals surface area (Å²) in [6, 6.07) is -3.95. The SMILES string of the molecule is CSCCC(N)C(=O)NC(C)C(=O)NC(CO)C(=O)N1CCCC1C(=O)O. The van der Waals surface area contributed by atoms with Gasteiger partial charge in [0, 0.05) is 6.54 Å². The number of nitrogens with zero attached hydrogens (tertiary/aromatic N) is 1. The number of likely N-dealkylation sites (tertiary alicyclic amines) is 1. The van der Waals surface area contributed by atoms with Crippen LogP contribution in [0.1, 0.15) is 26.2 Å². The third-order valence-electron chi connectivity index (χ3n) is 4.34. The van der Waals surface area contributed by atoms with E-state index in [0.29, 0.717) is 25.0 Å². The molecule has 1 saturated heterocycles. The second kappa shape index (κ2) is 11.1. The van der Waals surface area contributed by atoms with Crippen molar-refractivity contribution in [2.45, 2.75) is 50.4 Å². The fraction of sp³-hybridized carbons (Fsp3) is 0.750. The van der Waals surface area contributed by atoms with Gasteiger partial charge in [0.1, 0.15) is 18.1 Å². The Kier molecular flexibility index (Phi) is 9.53. The van der Waals surface area contributed by atoms with E-state index in [1.165, 1.54) is 6.92 Å². The molecule has 1 aliphatic heterocycles. The molecule has 3 amide bonds. The summed E-state index contributed by atoms with van der Waals surface area (Å²) in [5.41, 5.74) is 5.74. The summed E-state index contributed by atoms with van der Waals surface area (Å²) in [5.74, 6) is -2.23. The molecule has 0 saturated carbocycles. The van der Waals surface area contributed by atoms with Gasteiger partial charge in [-0.3, -0.25) is 14.4 Å². The maximum Gasteiger partial charge on any atom is 0.326 e. The molecular weight excluding hydrogens is 376 g/mol. The van der Waals surface area contributed by atoms with Gasteiger partial charge >= 0.3 is 5.97 Å². The van der Waals surface area contributed by atoms with Crippen LogP contribution in [0.15, 0.2) is 0 Å². The van der Waals surface area contributed by atoms with Crippen LogP contribution in [0.2, 0.25) is 0 Å². The summed E-state index contributed by atoms with van der Waals surface area (Å²) in [6.07, 6.45) is 3.22. The van der Waals surface area contributed by atoms with Crippen molar-refractivity contribution >= 4 is 35.5 Å². The molecule has 1 fully saturated rings. The number of nitrogens with one attached hydrogen (secondary N) is 2. The minimum Gasteiger partial charge on any atom is -0.480 e. The fourth-order valence-electron chi connectivity index (χ4n) is 2.73. The van der Waals surface area contributed by atoms with Gasteiger partial charge in [0.15, 0.2) is 0 Å². The molecule has 27 heavy (non-hydrogen) atoms. The average Bonchev–Trinajstić information content (AvgIpc) is 3.13. The van der Waals surface area contributed by atoms with E-state index < -0.39 is 54.5 Å². The number of hydrogen-bond acceptors (Lipinski definition) is 7. The van der Waals surface area contributed by atoms with E-state index in [9.17, 15) is 24.3 Å². The number of aliphatic hydroxyl groups excluding tert-OH is 1. The Bertz CT molecular complexity index is 561. The zero-order valence-electron chi connectivity index (χ0n) is 15.5. The lowest BCUT2D eigenvalue weighted by Crippen LogP contribution is -2.57. The topological polar surface area (TPSA) is 162 Å². The Balaban J connectivity index is 2.62. The number of amides is 3. The molecule has 4 atom stereocenters. The van der Waals surface area contributed by atoms with Crippen molar-refractivity contribution in [3.05, 3.63) is 0 Å². The Morgan fingerprint density at radius 2 is 1.93 bits per heavy atom. The number of carboxylic acid groups (broad SMARTS) is 1. The highest BCUT2D eigenvalue weighted by molar-refractivity contribution is 7.98. The number of aliphatic carboxylic acids is 1. The van der Waals surface area contributed by atoms with Crippen LogP contribution in [-0.4, -0.2) is 88.1 Å². The normalized spacial score (nSPS) is 19.9. The molecular formula is C16H28N4O6S. The van der Waals surface area contributed by atoms with E-state index in [1.54, 1.807) is 11.8 Å². The molecule has 0 radical (unpaired) electrons. The third kappa shape index (κ3) is 6.67. The predicted octanol–water partition coefficient (Wildman–Crippen LogP) is -1.88. The van der Waals surface area contributed by atoms with Crippen molar-refractivity contribution in [3.8, 4) is 0 Å². The maximum absolute atomic E-state index is 12.5. The average molecular weight is 404 g/mol. The molecule has 0 spiro atoms. The first-order valence-electron chi connectivity index (χ1n) is 8.72. The van der Waals surface area contributed by atoms with Gasteiger partial charge in [0.2, 0.25) is 17.7 Å². The summed E-state index contributed by atoms with van der Waals surface area (Å²) >= 11 is 1.55. The molecule has 1 aliphatic rings. The fourth-order valence-corrected chi connectivity index (χ4v) is 3.22. The van der Waals surface area contributed by atoms with Crippen molar-refractivity contribution < 1.29 is 29.4 Å². The summed E-state index contributed by atoms with van der Waals surface area (Å²) in [6.45, 7) is 1.00. The largest absolute Gasteiger partial charge is 0.480 e. The van der Waals surface area contributed by atoms with Gasteiger partial charge in [-0.15, -0.1) is 0 Å². The number of thioether (sulfide) groups is 1. The smallest absolute Gasteiger partial charge is 0.326 e. The lowest BCUT2D eigenvalue weighted by molar-refractivity contribution is -0.150. The van der Waals surface area contributed by atoms with E-state index in [1.807, 2.05) is 6.26 Å². The molecule has 0 aromatic rings. The molecule has 0 aromatic carbocycles.